The number of likely N-dealkylation sites (tertiary alicyclic amines) is 1. The fourth-order valence-electron chi connectivity index (χ4n) is 5.19. The van der Waals surface area contributed by atoms with E-state index < -0.39 is 0 Å². The van der Waals surface area contributed by atoms with Crippen molar-refractivity contribution < 1.29 is 4.79 Å². The van der Waals surface area contributed by atoms with Crippen LogP contribution in [0.25, 0.3) is 0 Å². The highest BCUT2D eigenvalue weighted by Gasteiger charge is 2.50. The predicted octanol–water partition coefficient (Wildman–Crippen LogP) is 4.36. The number of rotatable bonds is 2. The number of piperidine rings is 1. The number of allylic oxidation sites excluding steroid dienone is 1. The van der Waals surface area contributed by atoms with Crippen LogP contribution < -0.4 is 0 Å². The van der Waals surface area contributed by atoms with Crippen molar-refractivity contribution in [2.45, 2.75) is 58.5 Å². The molecule has 1 heterocycles. The van der Waals surface area contributed by atoms with Gasteiger partial charge in [0.1, 0.15) is 5.78 Å². The lowest BCUT2D eigenvalue weighted by Gasteiger charge is -2.56. The molecule has 0 N–H and O–H groups in total. The first-order valence-corrected chi connectivity index (χ1v) is 9.09. The van der Waals surface area contributed by atoms with Gasteiger partial charge in [-0.15, -0.1) is 0 Å². The maximum absolute atomic E-state index is 12.0. The maximum Gasteiger partial charge on any atom is 0.137 e. The molecule has 4 rings (SSSR count). The van der Waals surface area contributed by atoms with Gasteiger partial charge >= 0.3 is 0 Å². The van der Waals surface area contributed by atoms with Gasteiger partial charge in [0.15, 0.2) is 0 Å². The van der Waals surface area contributed by atoms with Gasteiger partial charge in [0.05, 0.1) is 0 Å². The second-order valence-electron chi connectivity index (χ2n) is 7.98. The number of benzene rings is 1. The second kappa shape index (κ2) is 5.59. The number of hydrogen-bond donors (Lipinski definition) is 0. The molecule has 1 aliphatic heterocycles. The third-order valence-corrected chi connectivity index (χ3v) is 6.85. The third kappa shape index (κ3) is 2.48. The highest BCUT2D eigenvalue weighted by atomic mass is 16.1. The van der Waals surface area contributed by atoms with Gasteiger partial charge in [-0.1, -0.05) is 55.3 Å². The molecule has 1 fully saturated rings. The SMILES string of the molecule is C[C@@H]1[C@@H]2CC3=C(CC(=O)CC3)[C@@]1(C)CCN2Cc1ccccc1. The number of hydrogen-bond acceptors (Lipinski definition) is 2. The van der Waals surface area contributed by atoms with Crippen LogP contribution in [0.5, 0.6) is 0 Å². The van der Waals surface area contributed by atoms with Crippen LogP contribution in [0.1, 0.15) is 51.5 Å². The fraction of sp³-hybridized carbons (Fsp3) is 0.571. The molecule has 122 valence electrons. The minimum atomic E-state index is 0.252. The minimum Gasteiger partial charge on any atom is -0.299 e. The van der Waals surface area contributed by atoms with E-state index >= 15 is 0 Å². The van der Waals surface area contributed by atoms with Crippen molar-refractivity contribution in [1.82, 2.24) is 4.90 Å². The Kier molecular flexibility index (Phi) is 3.68. The lowest BCUT2D eigenvalue weighted by Crippen LogP contribution is -2.55. The summed E-state index contributed by atoms with van der Waals surface area (Å²) in [6.45, 7) is 7.07. The summed E-state index contributed by atoms with van der Waals surface area (Å²) in [5.74, 6) is 1.10. The summed E-state index contributed by atoms with van der Waals surface area (Å²) >= 11 is 0. The number of carbonyl (C=O) groups excluding carboxylic acids is 1. The van der Waals surface area contributed by atoms with E-state index in [1.807, 2.05) is 0 Å². The van der Waals surface area contributed by atoms with Crippen molar-refractivity contribution in [3.63, 3.8) is 0 Å². The molecule has 2 aliphatic carbocycles. The van der Waals surface area contributed by atoms with Crippen molar-refractivity contribution >= 4 is 5.78 Å². The normalized spacial score (nSPS) is 34.4. The zero-order valence-electron chi connectivity index (χ0n) is 14.3. The molecule has 0 unspecified atom stereocenters. The van der Waals surface area contributed by atoms with E-state index in [4.69, 9.17) is 0 Å². The van der Waals surface area contributed by atoms with E-state index in [2.05, 4.69) is 49.1 Å². The molecule has 3 atom stereocenters. The molecule has 1 saturated heterocycles. The van der Waals surface area contributed by atoms with Crippen molar-refractivity contribution in [3.8, 4) is 0 Å². The van der Waals surface area contributed by atoms with E-state index in [1.54, 1.807) is 5.57 Å². The average Bonchev–Trinajstić information content (AvgIpc) is 2.55. The molecule has 23 heavy (non-hydrogen) atoms. The molecule has 0 amide bonds. The third-order valence-electron chi connectivity index (χ3n) is 6.85. The van der Waals surface area contributed by atoms with Crippen LogP contribution in [0, 0.1) is 11.3 Å². The minimum absolute atomic E-state index is 0.252. The Balaban J connectivity index is 1.63. The average molecular weight is 309 g/mol. The molecule has 0 saturated carbocycles. The van der Waals surface area contributed by atoms with E-state index in [9.17, 15) is 4.79 Å². The van der Waals surface area contributed by atoms with Crippen LogP contribution in [0.15, 0.2) is 41.5 Å². The first-order chi connectivity index (χ1) is 11.1. The standard InChI is InChI=1S/C21H27NO/c1-15-20-12-17-8-9-18(23)13-19(17)21(15,2)10-11-22(20)14-16-6-4-3-5-7-16/h3-7,15,20H,8-14H2,1-2H3/t15-,20+,21+/m1/s1. The molecule has 0 spiro atoms. The summed E-state index contributed by atoms with van der Waals surface area (Å²) in [5.41, 5.74) is 4.81. The zero-order chi connectivity index (χ0) is 16.0. The van der Waals surface area contributed by atoms with Crippen LogP contribution >= 0.6 is 0 Å². The van der Waals surface area contributed by atoms with Crippen molar-refractivity contribution in [3.05, 3.63) is 47.0 Å². The lowest BCUT2D eigenvalue weighted by molar-refractivity contribution is -0.119. The fourth-order valence-corrected chi connectivity index (χ4v) is 5.19. The van der Waals surface area contributed by atoms with Crippen molar-refractivity contribution in [2.24, 2.45) is 11.3 Å². The number of ketones is 1. The van der Waals surface area contributed by atoms with Crippen LogP contribution in [-0.2, 0) is 11.3 Å². The maximum atomic E-state index is 12.0. The van der Waals surface area contributed by atoms with E-state index in [0.717, 1.165) is 32.4 Å². The molecule has 0 aromatic heterocycles. The first-order valence-electron chi connectivity index (χ1n) is 9.09. The number of carbonyl (C=O) groups is 1. The van der Waals surface area contributed by atoms with Crippen LogP contribution in [0.4, 0.5) is 0 Å². The Morgan fingerprint density at radius 2 is 2.00 bits per heavy atom. The van der Waals surface area contributed by atoms with Crippen LogP contribution in [0.3, 0.4) is 0 Å². The van der Waals surface area contributed by atoms with E-state index in [0.29, 0.717) is 17.7 Å². The Morgan fingerprint density at radius 1 is 1.22 bits per heavy atom. The Hall–Kier alpha value is -1.41. The molecule has 0 radical (unpaired) electrons. The van der Waals surface area contributed by atoms with Crippen LogP contribution in [-0.4, -0.2) is 23.3 Å². The summed E-state index contributed by atoms with van der Waals surface area (Å²) in [5, 5.41) is 0. The first kappa shape index (κ1) is 15.1. The zero-order valence-corrected chi connectivity index (χ0v) is 14.3. The van der Waals surface area contributed by atoms with Gasteiger partial charge in [-0.3, -0.25) is 9.69 Å². The number of nitrogens with zero attached hydrogens (tertiary/aromatic N) is 1. The van der Waals surface area contributed by atoms with E-state index in [1.165, 1.54) is 24.0 Å². The lowest BCUT2D eigenvalue weighted by atomic mass is 9.56. The van der Waals surface area contributed by atoms with Gasteiger partial charge < -0.3 is 0 Å². The summed E-state index contributed by atoms with van der Waals surface area (Å²) in [6, 6.07) is 11.5. The van der Waals surface area contributed by atoms with Gasteiger partial charge in [0.25, 0.3) is 0 Å². The topological polar surface area (TPSA) is 20.3 Å². The van der Waals surface area contributed by atoms with Gasteiger partial charge in [0, 0.05) is 25.4 Å². The molecule has 1 aromatic rings. The van der Waals surface area contributed by atoms with Gasteiger partial charge in [-0.05, 0) is 42.7 Å². The monoisotopic (exact) mass is 309 g/mol. The molecular formula is C21H27NO. The predicted molar refractivity (Wildman–Crippen MR) is 93.0 cm³/mol. The van der Waals surface area contributed by atoms with Crippen LogP contribution in [0.2, 0.25) is 0 Å². The number of fused-ring (bicyclic) bond motifs is 3. The summed E-state index contributed by atoms with van der Waals surface area (Å²) in [6.07, 6.45) is 4.91. The molecule has 2 heteroatoms. The summed E-state index contributed by atoms with van der Waals surface area (Å²) in [7, 11) is 0. The molecular weight excluding hydrogens is 282 g/mol. The quantitative estimate of drug-likeness (QED) is 0.757. The smallest absolute Gasteiger partial charge is 0.137 e. The van der Waals surface area contributed by atoms with Gasteiger partial charge in [-0.2, -0.15) is 0 Å². The Labute approximate surface area is 139 Å². The molecule has 2 nitrogen and oxygen atoms in total. The molecule has 2 bridgehead atoms. The van der Waals surface area contributed by atoms with Gasteiger partial charge in [-0.25, -0.2) is 0 Å². The highest BCUT2D eigenvalue weighted by Crippen LogP contribution is 2.54. The number of Topliss-reactive ketones (excluding diaryl/α,β-unsaturated/α-hetero) is 1. The van der Waals surface area contributed by atoms with Crippen molar-refractivity contribution in [2.75, 3.05) is 6.54 Å². The largest absolute Gasteiger partial charge is 0.299 e. The highest BCUT2D eigenvalue weighted by molar-refractivity contribution is 5.83. The summed E-state index contributed by atoms with van der Waals surface area (Å²) < 4.78 is 0. The second-order valence-corrected chi connectivity index (χ2v) is 7.98. The van der Waals surface area contributed by atoms with E-state index in [-0.39, 0.29) is 5.41 Å². The molecule has 3 aliphatic rings. The Bertz CT molecular complexity index is 647. The Morgan fingerprint density at radius 3 is 2.78 bits per heavy atom. The van der Waals surface area contributed by atoms with Crippen molar-refractivity contribution in [1.29, 1.82) is 0 Å². The summed E-state index contributed by atoms with van der Waals surface area (Å²) in [4.78, 5) is 14.7. The van der Waals surface area contributed by atoms with Gasteiger partial charge in [0.2, 0.25) is 0 Å². The molecule has 1 aromatic carbocycles.